The molecule has 4 saturated carbocycles. The summed E-state index contributed by atoms with van der Waals surface area (Å²) in [5, 5.41) is 3.36. The molecule has 7 rings (SSSR count). The molecule has 0 radical (unpaired) electrons. The Morgan fingerprint density at radius 3 is 2.30 bits per heavy atom. The van der Waals surface area contributed by atoms with Gasteiger partial charge < -0.3 is 16.0 Å². The molecule has 27 heavy (non-hydrogen) atoms. The van der Waals surface area contributed by atoms with Crippen LogP contribution in [0.25, 0.3) is 0 Å². The molecule has 5 aliphatic carbocycles. The van der Waals surface area contributed by atoms with Crippen molar-refractivity contribution < 1.29 is 9.59 Å². The summed E-state index contributed by atoms with van der Waals surface area (Å²) in [6, 6.07) is 8.96. The molecule has 4 bridgehead atoms. The van der Waals surface area contributed by atoms with Crippen LogP contribution in [0.15, 0.2) is 24.3 Å². The van der Waals surface area contributed by atoms with E-state index in [1.165, 1.54) is 11.1 Å². The third-order valence-corrected chi connectivity index (χ3v) is 8.39. The highest BCUT2D eigenvalue weighted by Crippen LogP contribution is 2.61. The van der Waals surface area contributed by atoms with Gasteiger partial charge in [-0.15, -0.1) is 0 Å². The number of amides is 3. The Kier molecular flexibility index (Phi) is 2.99. The minimum Gasteiger partial charge on any atom is -0.369 e. The summed E-state index contributed by atoms with van der Waals surface area (Å²) < 4.78 is 0. The molecule has 0 aromatic heterocycles. The van der Waals surface area contributed by atoms with Crippen LogP contribution in [0.1, 0.15) is 43.2 Å². The van der Waals surface area contributed by atoms with Crippen LogP contribution >= 0.6 is 0 Å². The lowest BCUT2D eigenvalue weighted by molar-refractivity contribution is -0.150. The standard InChI is InChI=1S/C22H27N3O2/c23-19(26)21-7-13-5-16(8-21)18(17(6-13)9-21)25-12-22(24-20(25)27)10-14-3-1-2-4-15(14)11-22/h1-4,13,16-18H,5-12H2,(H2,23,26)(H,24,27). The lowest BCUT2D eigenvalue weighted by atomic mass is 9.47. The predicted molar refractivity (Wildman–Crippen MR) is 101 cm³/mol. The Bertz CT molecular complexity index is 809. The molecule has 5 fully saturated rings. The van der Waals surface area contributed by atoms with Gasteiger partial charge in [0.2, 0.25) is 5.91 Å². The Labute approximate surface area is 159 Å². The van der Waals surface area contributed by atoms with E-state index in [9.17, 15) is 9.59 Å². The minimum absolute atomic E-state index is 0.103. The molecule has 5 heteroatoms. The smallest absolute Gasteiger partial charge is 0.318 e. The highest BCUT2D eigenvalue weighted by molar-refractivity contribution is 5.82. The lowest BCUT2D eigenvalue weighted by Gasteiger charge is -2.60. The molecular formula is C22H27N3O2. The van der Waals surface area contributed by atoms with Gasteiger partial charge in [0, 0.05) is 18.0 Å². The molecule has 1 heterocycles. The highest BCUT2D eigenvalue weighted by Gasteiger charge is 2.61. The third kappa shape index (κ3) is 2.11. The van der Waals surface area contributed by atoms with Crippen LogP contribution in [-0.2, 0) is 17.6 Å². The van der Waals surface area contributed by atoms with Crippen LogP contribution in [0.2, 0.25) is 0 Å². The first-order valence-corrected chi connectivity index (χ1v) is 10.4. The molecule has 2 unspecified atom stereocenters. The second kappa shape index (κ2) is 5.06. The largest absolute Gasteiger partial charge is 0.369 e. The fourth-order valence-electron chi connectivity index (χ4n) is 7.68. The zero-order valence-electron chi connectivity index (χ0n) is 15.6. The summed E-state index contributed by atoms with van der Waals surface area (Å²) >= 11 is 0. The van der Waals surface area contributed by atoms with Gasteiger partial charge in [-0.3, -0.25) is 4.79 Å². The number of primary amides is 1. The van der Waals surface area contributed by atoms with E-state index in [0.29, 0.717) is 17.8 Å². The molecule has 142 valence electrons. The first kappa shape index (κ1) is 16.0. The first-order chi connectivity index (χ1) is 13.0. The zero-order chi connectivity index (χ0) is 18.4. The van der Waals surface area contributed by atoms with Crippen molar-refractivity contribution in [2.24, 2.45) is 28.9 Å². The van der Waals surface area contributed by atoms with Crippen molar-refractivity contribution >= 4 is 11.9 Å². The summed E-state index contributed by atoms with van der Waals surface area (Å²) in [5.41, 5.74) is 8.14. The molecular weight excluding hydrogens is 338 g/mol. The Morgan fingerprint density at radius 2 is 1.70 bits per heavy atom. The number of nitrogens with two attached hydrogens (primary N) is 1. The summed E-state index contributed by atoms with van der Waals surface area (Å²) in [6.45, 7) is 0.798. The van der Waals surface area contributed by atoms with Crippen LogP contribution in [0, 0.1) is 23.2 Å². The van der Waals surface area contributed by atoms with E-state index in [1.807, 2.05) is 0 Å². The molecule has 1 aromatic carbocycles. The van der Waals surface area contributed by atoms with E-state index in [4.69, 9.17) is 5.73 Å². The van der Waals surface area contributed by atoms with Gasteiger partial charge in [-0.1, -0.05) is 24.3 Å². The second-order valence-corrected chi connectivity index (χ2v) is 10.1. The number of fused-ring (bicyclic) bond motifs is 1. The van der Waals surface area contributed by atoms with E-state index in [0.717, 1.165) is 51.5 Å². The lowest BCUT2D eigenvalue weighted by Crippen LogP contribution is -2.62. The van der Waals surface area contributed by atoms with Crippen LogP contribution < -0.4 is 11.1 Å². The topological polar surface area (TPSA) is 75.4 Å². The fraction of sp³-hybridized carbons (Fsp3) is 0.636. The minimum atomic E-state index is -0.287. The normalized spacial score (nSPS) is 40.4. The average molecular weight is 365 g/mol. The number of nitrogens with zero attached hydrogens (tertiary/aromatic N) is 1. The predicted octanol–water partition coefficient (Wildman–Crippen LogP) is 2.23. The monoisotopic (exact) mass is 365 g/mol. The van der Waals surface area contributed by atoms with E-state index in [2.05, 4.69) is 34.5 Å². The highest BCUT2D eigenvalue weighted by atomic mass is 16.2. The van der Waals surface area contributed by atoms with Gasteiger partial charge >= 0.3 is 6.03 Å². The molecule has 2 atom stereocenters. The Balaban J connectivity index is 1.28. The van der Waals surface area contributed by atoms with E-state index in [1.54, 1.807) is 0 Å². The molecule has 1 spiro atoms. The number of nitrogens with one attached hydrogen (secondary N) is 1. The van der Waals surface area contributed by atoms with Gasteiger partial charge in [0.25, 0.3) is 0 Å². The SMILES string of the molecule is NC(=O)C12CC3CC(C1)C(N1CC4(Cc5ccccc5C4)NC1=O)C(C3)C2. The van der Waals surface area contributed by atoms with Crippen LogP contribution in [0.5, 0.6) is 0 Å². The third-order valence-electron chi connectivity index (χ3n) is 8.39. The number of carbonyl (C=O) groups is 2. The van der Waals surface area contributed by atoms with E-state index >= 15 is 0 Å². The number of rotatable bonds is 2. The van der Waals surface area contributed by atoms with Crippen molar-refractivity contribution in [3.05, 3.63) is 35.4 Å². The van der Waals surface area contributed by atoms with Crippen molar-refractivity contribution in [1.29, 1.82) is 0 Å². The van der Waals surface area contributed by atoms with Crippen LogP contribution in [-0.4, -0.2) is 35.0 Å². The maximum atomic E-state index is 13.0. The maximum Gasteiger partial charge on any atom is 0.318 e. The van der Waals surface area contributed by atoms with Gasteiger partial charge in [0.05, 0.1) is 5.54 Å². The number of urea groups is 1. The van der Waals surface area contributed by atoms with Crippen molar-refractivity contribution in [3.8, 4) is 0 Å². The zero-order valence-corrected chi connectivity index (χ0v) is 15.6. The summed E-state index contributed by atoms with van der Waals surface area (Å²) in [7, 11) is 0. The number of hydrogen-bond acceptors (Lipinski definition) is 2. The molecule has 3 N–H and O–H groups in total. The number of benzene rings is 1. The first-order valence-electron chi connectivity index (χ1n) is 10.4. The van der Waals surface area contributed by atoms with Gasteiger partial charge in [-0.05, 0) is 73.8 Å². The molecule has 1 aromatic rings. The summed E-state index contributed by atoms with van der Waals surface area (Å²) in [6.07, 6.45) is 6.94. The second-order valence-electron chi connectivity index (χ2n) is 10.1. The summed E-state index contributed by atoms with van der Waals surface area (Å²) in [5.74, 6) is 1.40. The number of carbonyl (C=O) groups excluding carboxylic acids is 2. The molecule has 1 aliphatic heterocycles. The van der Waals surface area contributed by atoms with Gasteiger partial charge in [-0.25, -0.2) is 4.79 Å². The fourth-order valence-corrected chi connectivity index (χ4v) is 7.68. The summed E-state index contributed by atoms with van der Waals surface area (Å²) in [4.78, 5) is 27.4. The van der Waals surface area contributed by atoms with Crippen LogP contribution in [0.4, 0.5) is 4.79 Å². The molecule has 5 nitrogen and oxygen atoms in total. The molecule has 3 amide bonds. The van der Waals surface area contributed by atoms with Gasteiger partial charge in [0.1, 0.15) is 0 Å². The van der Waals surface area contributed by atoms with Crippen molar-refractivity contribution in [3.63, 3.8) is 0 Å². The van der Waals surface area contributed by atoms with Crippen molar-refractivity contribution in [2.45, 2.75) is 56.5 Å². The van der Waals surface area contributed by atoms with Crippen molar-refractivity contribution in [1.82, 2.24) is 10.2 Å². The van der Waals surface area contributed by atoms with E-state index < -0.39 is 0 Å². The quantitative estimate of drug-likeness (QED) is 0.843. The molecule has 1 saturated heterocycles. The number of hydrogen-bond donors (Lipinski definition) is 2. The molecule has 6 aliphatic rings. The van der Waals surface area contributed by atoms with E-state index in [-0.39, 0.29) is 28.9 Å². The van der Waals surface area contributed by atoms with Gasteiger partial charge in [0.15, 0.2) is 0 Å². The Morgan fingerprint density at radius 1 is 1.07 bits per heavy atom. The van der Waals surface area contributed by atoms with Crippen LogP contribution in [0.3, 0.4) is 0 Å². The average Bonchev–Trinajstić information content (AvgIpc) is 3.12. The van der Waals surface area contributed by atoms with Gasteiger partial charge in [-0.2, -0.15) is 0 Å². The Hall–Kier alpha value is -2.04. The maximum absolute atomic E-state index is 13.0. The van der Waals surface area contributed by atoms with Crippen molar-refractivity contribution in [2.75, 3.05) is 6.54 Å².